The molecule has 0 saturated carbocycles. The minimum atomic E-state index is -1.91. The van der Waals surface area contributed by atoms with Crippen LogP contribution < -0.4 is 0 Å². The van der Waals surface area contributed by atoms with E-state index in [4.69, 9.17) is 23.7 Å². The summed E-state index contributed by atoms with van der Waals surface area (Å²) in [4.78, 5) is 50.9. The van der Waals surface area contributed by atoms with Gasteiger partial charge in [-0.3, -0.25) is 14.4 Å². The van der Waals surface area contributed by atoms with Gasteiger partial charge in [-0.25, -0.2) is 4.79 Å². The van der Waals surface area contributed by atoms with Gasteiger partial charge in [-0.05, 0) is 83.5 Å². The zero-order valence-corrected chi connectivity index (χ0v) is 44.2. The minimum Gasteiger partial charge on any atom is -0.479 e. The fourth-order valence-electron chi connectivity index (χ4n) is 7.73. The molecule has 0 amide bonds. The Morgan fingerprint density at radius 1 is 0.479 bits per heavy atom. The summed E-state index contributed by atoms with van der Waals surface area (Å²) in [5.74, 6) is -3.22. The Kier molecular flexibility index (Phi) is 42.9. The van der Waals surface area contributed by atoms with Crippen molar-refractivity contribution in [1.29, 1.82) is 0 Å². The Morgan fingerprint density at radius 3 is 1.45 bits per heavy atom. The van der Waals surface area contributed by atoms with Gasteiger partial charge in [0.15, 0.2) is 24.6 Å². The Bertz CT molecular complexity index is 1560. The quantitative estimate of drug-likeness (QED) is 0.0228. The van der Waals surface area contributed by atoms with Crippen molar-refractivity contribution < 1.29 is 58.2 Å². The first-order valence-corrected chi connectivity index (χ1v) is 27.6. The van der Waals surface area contributed by atoms with Gasteiger partial charge in [-0.15, -0.1) is 0 Å². The number of hydrogen-bond acceptors (Lipinski definition) is 11. The molecule has 3 N–H and O–H groups in total. The predicted molar refractivity (Wildman–Crippen MR) is 284 cm³/mol. The summed E-state index contributed by atoms with van der Waals surface area (Å²) in [5.41, 5.74) is 0. The van der Waals surface area contributed by atoms with E-state index in [1.807, 2.05) is 6.08 Å². The number of aliphatic hydroxyl groups is 2. The van der Waals surface area contributed by atoms with Gasteiger partial charge in [-0.2, -0.15) is 0 Å². The Labute approximate surface area is 429 Å². The first-order chi connectivity index (χ1) is 34.6. The van der Waals surface area contributed by atoms with Gasteiger partial charge in [0.2, 0.25) is 0 Å². The van der Waals surface area contributed by atoms with Crippen LogP contribution in [0.4, 0.5) is 0 Å². The first kappa shape index (κ1) is 64.9. The molecule has 0 bridgehead atoms. The van der Waals surface area contributed by atoms with Crippen molar-refractivity contribution >= 4 is 23.9 Å². The molecular weight excluding hydrogens is 901 g/mol. The van der Waals surface area contributed by atoms with E-state index < -0.39 is 67.3 Å². The van der Waals surface area contributed by atoms with E-state index in [0.717, 1.165) is 109 Å². The Balaban J connectivity index is 2.76. The third kappa shape index (κ3) is 37.3. The third-order valence-corrected chi connectivity index (χ3v) is 11.9. The van der Waals surface area contributed by atoms with E-state index in [0.29, 0.717) is 25.7 Å². The average Bonchev–Trinajstić information content (AvgIpc) is 3.35. The molecular formula is C59H96O12. The normalized spacial score (nSPS) is 19.1. The molecule has 0 aromatic rings. The smallest absolute Gasteiger partial charge is 0.335 e. The van der Waals surface area contributed by atoms with Gasteiger partial charge in [0.05, 0.1) is 6.61 Å². The Hall–Kier alpha value is -4.10. The monoisotopic (exact) mass is 997 g/mol. The number of unbranched alkanes of at least 4 members (excludes halogenated alkanes) is 17. The second-order valence-electron chi connectivity index (χ2n) is 18.5. The maximum atomic E-state index is 13.1. The topological polar surface area (TPSA) is 175 Å². The number of ether oxygens (including phenoxy) is 5. The van der Waals surface area contributed by atoms with Gasteiger partial charge in [0.25, 0.3) is 0 Å². The lowest BCUT2D eigenvalue weighted by Crippen LogP contribution is -2.61. The van der Waals surface area contributed by atoms with E-state index >= 15 is 0 Å². The van der Waals surface area contributed by atoms with Gasteiger partial charge in [-0.1, -0.05) is 196 Å². The second-order valence-corrected chi connectivity index (χ2v) is 18.5. The highest BCUT2D eigenvalue weighted by atomic mass is 16.7. The van der Waals surface area contributed by atoms with Gasteiger partial charge >= 0.3 is 23.9 Å². The number of hydrogen-bond donors (Lipinski definition) is 3. The van der Waals surface area contributed by atoms with Crippen LogP contribution in [-0.2, 0) is 42.9 Å². The maximum absolute atomic E-state index is 13.1. The summed E-state index contributed by atoms with van der Waals surface area (Å²) < 4.78 is 28.3. The molecule has 0 aromatic carbocycles. The van der Waals surface area contributed by atoms with E-state index in [2.05, 4.69) is 99.8 Å². The molecule has 12 nitrogen and oxygen atoms in total. The van der Waals surface area contributed by atoms with Crippen molar-refractivity contribution in [3.63, 3.8) is 0 Å². The lowest BCUT2D eigenvalue weighted by molar-refractivity contribution is -0.301. The molecule has 404 valence electrons. The van der Waals surface area contributed by atoms with Crippen molar-refractivity contribution in [2.24, 2.45) is 0 Å². The van der Waals surface area contributed by atoms with Crippen LogP contribution in [-0.4, -0.2) is 89.2 Å². The first-order valence-electron chi connectivity index (χ1n) is 27.6. The zero-order chi connectivity index (χ0) is 51.8. The predicted octanol–water partition coefficient (Wildman–Crippen LogP) is 13.6. The highest BCUT2D eigenvalue weighted by Gasteiger charge is 2.50. The summed E-state index contributed by atoms with van der Waals surface area (Å²) in [6.45, 7) is 5.72. The van der Waals surface area contributed by atoms with E-state index in [-0.39, 0.29) is 25.9 Å². The second kappa shape index (κ2) is 46.9. The molecule has 0 aromatic heterocycles. The number of carboxylic acid groups (broad SMARTS) is 1. The number of allylic oxidation sites excluding steroid dienone is 14. The minimum absolute atomic E-state index is 0.0523. The molecule has 0 radical (unpaired) electrons. The fourth-order valence-corrected chi connectivity index (χ4v) is 7.73. The highest BCUT2D eigenvalue weighted by Crippen LogP contribution is 2.26. The Morgan fingerprint density at radius 2 is 0.930 bits per heavy atom. The molecule has 1 aliphatic heterocycles. The molecule has 0 aliphatic carbocycles. The summed E-state index contributed by atoms with van der Waals surface area (Å²) in [5, 5.41) is 31.4. The SMILES string of the molecule is CC/C=C\C/C=C\C/C=C\C/C=C\C/C=C\CCCC(=O)OCC(COC1OC(C(=O)O)C(O)C(O)C1OC(=O)CCCCCCCCCCCCC)OC(=O)CCCCCCC/C=C\C/C=C\CCC. The number of carbonyl (C=O) groups excluding carboxylic acids is 3. The summed E-state index contributed by atoms with van der Waals surface area (Å²) in [6.07, 6.45) is 47.2. The number of carboxylic acids is 1. The summed E-state index contributed by atoms with van der Waals surface area (Å²) in [6, 6.07) is 0. The van der Waals surface area contributed by atoms with Crippen LogP contribution in [0, 0.1) is 0 Å². The number of rotatable bonds is 45. The number of esters is 3. The van der Waals surface area contributed by atoms with Crippen molar-refractivity contribution in [2.75, 3.05) is 13.2 Å². The molecule has 1 saturated heterocycles. The number of aliphatic hydroxyl groups excluding tert-OH is 2. The highest BCUT2D eigenvalue weighted by molar-refractivity contribution is 5.74. The molecule has 1 heterocycles. The molecule has 1 rings (SSSR count). The van der Waals surface area contributed by atoms with Crippen LogP contribution in [0.1, 0.15) is 213 Å². The van der Waals surface area contributed by atoms with Crippen molar-refractivity contribution in [3.8, 4) is 0 Å². The molecule has 6 atom stereocenters. The molecule has 71 heavy (non-hydrogen) atoms. The van der Waals surface area contributed by atoms with Crippen molar-refractivity contribution in [1.82, 2.24) is 0 Å². The van der Waals surface area contributed by atoms with Crippen LogP contribution >= 0.6 is 0 Å². The lowest BCUT2D eigenvalue weighted by atomic mass is 9.98. The van der Waals surface area contributed by atoms with Gasteiger partial charge < -0.3 is 39.0 Å². The van der Waals surface area contributed by atoms with E-state index in [9.17, 15) is 34.5 Å². The molecule has 6 unspecified atom stereocenters. The average molecular weight is 997 g/mol. The van der Waals surface area contributed by atoms with Crippen molar-refractivity contribution in [3.05, 3.63) is 85.1 Å². The maximum Gasteiger partial charge on any atom is 0.335 e. The third-order valence-electron chi connectivity index (χ3n) is 11.9. The van der Waals surface area contributed by atoms with Gasteiger partial charge in [0, 0.05) is 19.3 Å². The summed E-state index contributed by atoms with van der Waals surface area (Å²) in [7, 11) is 0. The largest absolute Gasteiger partial charge is 0.479 e. The molecule has 1 fully saturated rings. The zero-order valence-electron chi connectivity index (χ0n) is 44.2. The molecule has 0 spiro atoms. The van der Waals surface area contributed by atoms with E-state index in [1.165, 1.54) is 38.5 Å². The van der Waals surface area contributed by atoms with Crippen LogP contribution in [0.5, 0.6) is 0 Å². The van der Waals surface area contributed by atoms with Gasteiger partial charge in [0.1, 0.15) is 18.8 Å². The molecule has 1 aliphatic rings. The molecule has 12 heteroatoms. The van der Waals surface area contributed by atoms with Crippen molar-refractivity contribution in [2.45, 2.75) is 250 Å². The standard InChI is InChI=1S/C59H96O12/c1-4-7-10-13-16-19-22-24-25-26-27-29-31-33-36-39-42-45-51(60)67-48-50(69-52(61)46-43-40-37-35-32-28-23-20-17-14-11-8-5-2)49-68-59-57(55(64)54(63)56(71-59)58(65)66)70-53(62)47-44-41-38-34-30-21-18-15-12-9-6-3/h7,10-11,14,16,19-20,23-25,27,29,33,36,50,54-57,59,63-64H,4-6,8-9,12-13,15,17-18,21-22,26,28,30-32,34-35,37-49H2,1-3H3,(H,65,66)/b10-7-,14-11-,19-16-,23-20-,25-24-,29-27-,36-33-. The fraction of sp³-hybridized carbons (Fsp3) is 0.695. The van der Waals surface area contributed by atoms with Crippen LogP contribution in [0.2, 0.25) is 0 Å². The van der Waals surface area contributed by atoms with Crippen LogP contribution in [0.25, 0.3) is 0 Å². The number of carbonyl (C=O) groups is 4. The lowest BCUT2D eigenvalue weighted by Gasteiger charge is -2.40. The van der Waals surface area contributed by atoms with Crippen LogP contribution in [0.3, 0.4) is 0 Å². The van der Waals surface area contributed by atoms with Crippen LogP contribution in [0.15, 0.2) is 85.1 Å². The summed E-state index contributed by atoms with van der Waals surface area (Å²) >= 11 is 0. The number of aliphatic carboxylic acids is 1. The van der Waals surface area contributed by atoms with E-state index in [1.54, 1.807) is 0 Å².